The summed E-state index contributed by atoms with van der Waals surface area (Å²) in [6.07, 6.45) is -11.1. The Morgan fingerprint density at radius 3 is 2.10 bits per heavy atom. The Morgan fingerprint density at radius 2 is 1.60 bits per heavy atom. The van der Waals surface area contributed by atoms with E-state index < -0.39 is 50.5 Å². The van der Waals surface area contributed by atoms with Gasteiger partial charge < -0.3 is 19.7 Å². The van der Waals surface area contributed by atoms with Crippen LogP contribution in [0.2, 0.25) is 0 Å². The minimum absolute atomic E-state index is 0.0383. The summed E-state index contributed by atoms with van der Waals surface area (Å²) in [5.74, 6) is -0.934. The molecule has 0 unspecified atom stereocenters. The van der Waals surface area contributed by atoms with Crippen LogP contribution in [0.5, 0.6) is 5.75 Å². The predicted molar refractivity (Wildman–Crippen MR) is 139 cm³/mol. The van der Waals surface area contributed by atoms with Crippen LogP contribution in [-0.2, 0) is 25.7 Å². The van der Waals surface area contributed by atoms with Crippen molar-refractivity contribution in [2.24, 2.45) is 5.92 Å². The van der Waals surface area contributed by atoms with E-state index in [0.717, 1.165) is 35.7 Å². The van der Waals surface area contributed by atoms with Crippen molar-refractivity contribution in [1.29, 1.82) is 0 Å². The summed E-state index contributed by atoms with van der Waals surface area (Å²) in [7, 11) is -3.49. The number of amides is 1. The molecule has 2 aromatic carbocycles. The van der Waals surface area contributed by atoms with Crippen molar-refractivity contribution >= 4 is 33.5 Å². The molecule has 1 heterocycles. The van der Waals surface area contributed by atoms with Crippen LogP contribution < -0.4 is 14.4 Å². The summed E-state index contributed by atoms with van der Waals surface area (Å²) in [5.41, 5.74) is -4.21. The molecule has 10 nitrogen and oxygen atoms in total. The van der Waals surface area contributed by atoms with Crippen LogP contribution in [0.4, 0.5) is 42.5 Å². The zero-order chi connectivity index (χ0) is 32.7. The fraction of sp³-hybridized carbons (Fsp3) is 0.440. The molecule has 0 saturated carbocycles. The van der Waals surface area contributed by atoms with E-state index in [4.69, 9.17) is 14.9 Å². The number of alkyl halides is 6. The van der Waals surface area contributed by atoms with Gasteiger partial charge in [-0.15, -0.1) is 0 Å². The molecule has 3 N–H and O–H groups in total. The second-order valence-corrected chi connectivity index (χ2v) is 11.0. The molecular weight excluding hydrogens is 602 g/mol. The van der Waals surface area contributed by atoms with E-state index in [-0.39, 0.29) is 36.2 Å². The molecule has 236 valence electrons. The van der Waals surface area contributed by atoms with Gasteiger partial charge in [-0.25, -0.2) is 13.2 Å². The van der Waals surface area contributed by atoms with Gasteiger partial charge in [-0.2, -0.15) is 26.3 Å². The van der Waals surface area contributed by atoms with Crippen LogP contribution in [-0.4, -0.2) is 62.7 Å². The highest BCUT2D eigenvalue weighted by Crippen LogP contribution is 2.39. The number of aliphatic carboxylic acids is 1. The van der Waals surface area contributed by atoms with Crippen LogP contribution in [0.1, 0.15) is 33.3 Å². The number of rotatable bonds is 5. The first kappa shape index (κ1) is 36.3. The first-order valence-electron chi connectivity index (χ1n) is 11.9. The van der Waals surface area contributed by atoms with Crippen LogP contribution in [0, 0.1) is 5.92 Å². The fourth-order valence-corrected chi connectivity index (χ4v) is 4.41. The summed E-state index contributed by atoms with van der Waals surface area (Å²) in [6.45, 7) is 4.21. The molecule has 0 radical (unpaired) electrons. The molecule has 1 aliphatic rings. The Hall–Kier alpha value is -3.73. The molecule has 0 aromatic heterocycles. The number of hydrogen-bond donors (Lipinski definition) is 3. The van der Waals surface area contributed by atoms with E-state index in [1.165, 1.54) is 12.1 Å². The lowest BCUT2D eigenvalue weighted by Crippen LogP contribution is -2.44. The number of fused-ring (bicyclic) bond motifs is 1. The number of nitrogens with zero attached hydrogens (tertiary/aromatic N) is 1. The topological polar surface area (TPSA) is 142 Å². The third kappa shape index (κ3) is 9.40. The summed E-state index contributed by atoms with van der Waals surface area (Å²) in [6, 6.07) is 6.76. The van der Waals surface area contributed by atoms with Gasteiger partial charge in [0, 0.05) is 12.8 Å². The number of nitrogens with one attached hydrogen (secondary N) is 1. The third-order valence-electron chi connectivity index (χ3n) is 5.30. The maximum absolute atomic E-state index is 13.1. The summed E-state index contributed by atoms with van der Waals surface area (Å²) >= 11 is 0. The number of sulfonamides is 1. The van der Waals surface area contributed by atoms with Gasteiger partial charge in [0.25, 0.3) is 10.0 Å². The third-order valence-corrected chi connectivity index (χ3v) is 7.11. The average Bonchev–Trinajstić information content (AvgIpc) is 2.88. The van der Waals surface area contributed by atoms with E-state index in [1.54, 1.807) is 13.8 Å². The number of aliphatic hydroxyl groups is 1. The van der Waals surface area contributed by atoms with Crippen molar-refractivity contribution in [3.05, 3.63) is 48.0 Å². The standard InChI is InChI=1S/C20H18F6N2O5S.C4H8O2.CH4O/c1-18(2,20(24,25)26)33-17(29)27-13-6-7-16-15(11-13)28(8-9-32-16)34(30,31)14-5-3-4-12(10-14)19(21,22)23;1-3(2)4(5)6;1-2/h3-7,10-11H,8-9H2,1-2H3,(H,27,29);3H,1-2H3,(H,5,6);2H,1H3. The van der Waals surface area contributed by atoms with Gasteiger partial charge in [0.15, 0.2) is 0 Å². The van der Waals surface area contributed by atoms with Crippen molar-refractivity contribution in [2.45, 2.75) is 50.5 Å². The van der Waals surface area contributed by atoms with Gasteiger partial charge in [0.1, 0.15) is 12.4 Å². The number of ether oxygens (including phenoxy) is 2. The number of carboxylic acids is 1. The van der Waals surface area contributed by atoms with E-state index in [2.05, 4.69) is 10.1 Å². The van der Waals surface area contributed by atoms with Crippen molar-refractivity contribution < 1.29 is 64.0 Å². The Balaban J connectivity index is 0.000000979. The maximum atomic E-state index is 13.1. The largest absolute Gasteiger partial charge is 0.489 e. The monoisotopic (exact) mass is 632 g/mol. The molecular formula is C25H30F6N2O8S. The molecule has 0 fully saturated rings. The molecule has 0 atom stereocenters. The van der Waals surface area contributed by atoms with Gasteiger partial charge >= 0.3 is 24.4 Å². The Labute approximate surface area is 237 Å². The SMILES string of the molecule is CC(C)(OC(=O)Nc1ccc2c(c1)N(S(=O)(=O)c1cccc(C(F)(F)F)c1)CCO2)C(F)(F)F.CC(C)C(=O)O.CO. The van der Waals surface area contributed by atoms with Crippen molar-refractivity contribution in [3.63, 3.8) is 0 Å². The van der Waals surface area contributed by atoms with Crippen LogP contribution in [0.3, 0.4) is 0 Å². The van der Waals surface area contributed by atoms with Crippen LogP contribution in [0.25, 0.3) is 0 Å². The summed E-state index contributed by atoms with van der Waals surface area (Å²) in [4.78, 5) is 21.0. The number of halogens is 6. The second-order valence-electron chi connectivity index (χ2n) is 9.15. The number of carboxylic acid groups (broad SMARTS) is 1. The maximum Gasteiger partial charge on any atom is 0.427 e. The first-order chi connectivity index (χ1) is 19.2. The van der Waals surface area contributed by atoms with Crippen LogP contribution in [0.15, 0.2) is 47.4 Å². The van der Waals surface area contributed by atoms with E-state index in [1.807, 2.05) is 0 Å². The lowest BCUT2D eigenvalue weighted by molar-refractivity contribution is -0.242. The molecule has 0 spiro atoms. The minimum Gasteiger partial charge on any atom is -0.489 e. The number of carbonyl (C=O) groups is 2. The number of anilines is 2. The fourth-order valence-electron chi connectivity index (χ4n) is 2.91. The number of aliphatic hydroxyl groups excluding tert-OH is 1. The van der Waals surface area contributed by atoms with Crippen molar-refractivity contribution in [3.8, 4) is 5.75 Å². The normalized spacial score (nSPS) is 13.4. The van der Waals surface area contributed by atoms with Gasteiger partial charge in [-0.3, -0.25) is 14.4 Å². The average molecular weight is 633 g/mol. The quantitative estimate of drug-likeness (QED) is 0.366. The van der Waals surface area contributed by atoms with Crippen LogP contribution >= 0.6 is 0 Å². The van der Waals surface area contributed by atoms with Crippen molar-refractivity contribution in [1.82, 2.24) is 0 Å². The zero-order valence-corrected chi connectivity index (χ0v) is 23.8. The first-order valence-corrected chi connectivity index (χ1v) is 13.3. The van der Waals surface area contributed by atoms with Gasteiger partial charge in [-0.1, -0.05) is 19.9 Å². The molecule has 3 rings (SSSR count). The number of benzene rings is 2. The van der Waals surface area contributed by atoms with E-state index in [0.29, 0.717) is 19.9 Å². The molecule has 0 bridgehead atoms. The van der Waals surface area contributed by atoms with Gasteiger partial charge in [0.2, 0.25) is 5.60 Å². The summed E-state index contributed by atoms with van der Waals surface area (Å²) in [5, 5.41) is 17.1. The highest BCUT2D eigenvalue weighted by molar-refractivity contribution is 7.92. The molecule has 42 heavy (non-hydrogen) atoms. The van der Waals surface area contributed by atoms with E-state index in [9.17, 15) is 44.3 Å². The molecule has 1 aliphatic heterocycles. The Morgan fingerprint density at radius 1 is 1.02 bits per heavy atom. The molecule has 2 aromatic rings. The molecule has 0 saturated heterocycles. The Kier molecular flexibility index (Phi) is 12.1. The lowest BCUT2D eigenvalue weighted by Gasteiger charge is -2.31. The predicted octanol–water partition coefficient (Wildman–Crippen LogP) is 5.52. The minimum atomic E-state index is -4.84. The molecule has 1 amide bonds. The number of carbonyl (C=O) groups excluding carboxylic acids is 1. The Bertz CT molecular complexity index is 1350. The lowest BCUT2D eigenvalue weighted by atomic mass is 10.1. The van der Waals surface area contributed by atoms with Gasteiger partial charge in [-0.05, 0) is 50.2 Å². The smallest absolute Gasteiger partial charge is 0.427 e. The van der Waals surface area contributed by atoms with Crippen molar-refractivity contribution in [2.75, 3.05) is 29.9 Å². The zero-order valence-electron chi connectivity index (χ0n) is 23.0. The van der Waals surface area contributed by atoms with Gasteiger partial charge in [0.05, 0.1) is 28.6 Å². The summed E-state index contributed by atoms with van der Waals surface area (Å²) < 4.78 is 115. The molecule has 0 aliphatic carbocycles. The highest BCUT2D eigenvalue weighted by atomic mass is 32.2. The highest BCUT2D eigenvalue weighted by Gasteiger charge is 2.51. The molecule has 17 heteroatoms. The van der Waals surface area contributed by atoms with E-state index >= 15 is 0 Å². The second kappa shape index (κ2) is 14.0. The number of hydrogen-bond acceptors (Lipinski definition) is 7.